The van der Waals surface area contributed by atoms with Crippen LogP contribution >= 0.6 is 0 Å². The van der Waals surface area contributed by atoms with E-state index < -0.39 is 6.10 Å². The number of likely N-dealkylation sites (tertiary alicyclic amines) is 1. The third-order valence-corrected chi connectivity index (χ3v) is 10.5. The van der Waals surface area contributed by atoms with Crippen LogP contribution in [0.3, 0.4) is 0 Å². The predicted molar refractivity (Wildman–Crippen MR) is 164 cm³/mol. The summed E-state index contributed by atoms with van der Waals surface area (Å²) in [6.45, 7) is 6.59. The molecule has 42 heavy (non-hydrogen) atoms. The number of carbonyl (C=O) groups excluding carboxylic acids is 2. The molecular weight excluding hydrogens is 528 g/mol. The van der Waals surface area contributed by atoms with E-state index in [4.69, 9.17) is 4.74 Å². The van der Waals surface area contributed by atoms with E-state index in [-0.39, 0.29) is 24.4 Å². The van der Waals surface area contributed by atoms with Crippen molar-refractivity contribution in [1.29, 1.82) is 0 Å². The number of β-amino-alcohol motifs (C(OH)–C–C–N with tert-alkyl or cyclic N) is 1. The molecule has 0 aromatic heterocycles. The number of nitrogens with zero attached hydrogens (tertiary/aromatic N) is 3. The van der Waals surface area contributed by atoms with Crippen molar-refractivity contribution in [3.8, 4) is 0 Å². The number of anilines is 1. The Morgan fingerprint density at radius 1 is 1.02 bits per heavy atom. The van der Waals surface area contributed by atoms with Crippen LogP contribution in [-0.2, 0) is 17.7 Å². The first-order valence-electron chi connectivity index (χ1n) is 15.9. The Morgan fingerprint density at radius 2 is 1.74 bits per heavy atom. The molecule has 1 aliphatic carbocycles. The summed E-state index contributed by atoms with van der Waals surface area (Å²) in [4.78, 5) is 33.4. The summed E-state index contributed by atoms with van der Waals surface area (Å²) in [7, 11) is 1.81. The number of hydrogen-bond acceptors (Lipinski definition) is 6. The molecule has 0 unspecified atom stereocenters. The Labute approximate surface area is 250 Å². The van der Waals surface area contributed by atoms with E-state index >= 15 is 0 Å². The van der Waals surface area contributed by atoms with Gasteiger partial charge in [-0.15, -0.1) is 0 Å². The number of hydrogen-bond donors (Lipinski definition) is 2. The fourth-order valence-corrected chi connectivity index (χ4v) is 7.65. The van der Waals surface area contributed by atoms with E-state index in [0.29, 0.717) is 35.7 Å². The molecule has 2 aromatic rings. The van der Waals surface area contributed by atoms with Crippen LogP contribution < -0.4 is 10.2 Å². The molecule has 2 fully saturated rings. The van der Waals surface area contributed by atoms with Crippen LogP contribution in [0.2, 0.25) is 0 Å². The number of ether oxygens (including phenoxy) is 1. The zero-order chi connectivity index (χ0) is 29.3. The molecule has 3 aliphatic heterocycles. The Balaban J connectivity index is 1.12. The second-order valence-electron chi connectivity index (χ2n) is 12.8. The fraction of sp³-hybridized carbons (Fsp3) is 0.588. The van der Waals surface area contributed by atoms with E-state index in [2.05, 4.69) is 29.3 Å². The van der Waals surface area contributed by atoms with Gasteiger partial charge in [0.15, 0.2) is 0 Å². The van der Waals surface area contributed by atoms with Crippen LogP contribution in [0.15, 0.2) is 42.5 Å². The molecule has 0 radical (unpaired) electrons. The lowest BCUT2D eigenvalue weighted by atomic mass is 9.67. The number of likely N-dealkylation sites (N-methyl/N-ethyl adjacent to an activating group) is 1. The minimum atomic E-state index is -0.674. The van der Waals surface area contributed by atoms with Crippen molar-refractivity contribution in [3.63, 3.8) is 0 Å². The van der Waals surface area contributed by atoms with Gasteiger partial charge in [-0.25, -0.2) is 0 Å². The molecule has 2 N–H and O–H groups in total. The van der Waals surface area contributed by atoms with Gasteiger partial charge >= 0.3 is 0 Å². The summed E-state index contributed by atoms with van der Waals surface area (Å²) in [5, 5.41) is 14.6. The van der Waals surface area contributed by atoms with E-state index in [1.165, 1.54) is 24.0 Å². The minimum Gasteiger partial charge on any atom is -0.390 e. The minimum absolute atomic E-state index is 0.0573. The van der Waals surface area contributed by atoms with Crippen LogP contribution in [0.1, 0.15) is 77.3 Å². The smallest absolute Gasteiger partial charge is 0.256 e. The number of carbonyl (C=O) groups is 2. The standard InChI is InChI=1S/C34H46N4O4/c1-3-36-18-19-38(23-31(39)29-20-24-6-4-5-7-26(24)22-35-29)33(41)28-9-8-25(21-30(28)36)32(40)37-16-14-34(15-17-37)12-10-27(42-2)11-13-34/h4-9,21,27,29,31,35,39H,3,10-20,22-23H2,1-2H3/t29-,31+/m0/s1. The lowest BCUT2D eigenvalue weighted by Crippen LogP contribution is -2.50. The van der Waals surface area contributed by atoms with Crippen molar-refractivity contribution < 1.29 is 19.4 Å². The quantitative estimate of drug-likeness (QED) is 0.545. The van der Waals surface area contributed by atoms with E-state index in [1.54, 1.807) is 4.90 Å². The number of piperidine rings is 1. The zero-order valence-corrected chi connectivity index (χ0v) is 25.2. The number of rotatable bonds is 6. The predicted octanol–water partition coefficient (Wildman–Crippen LogP) is 3.86. The molecule has 2 atom stereocenters. The van der Waals surface area contributed by atoms with Gasteiger partial charge in [0.05, 0.1) is 23.5 Å². The first-order valence-corrected chi connectivity index (χ1v) is 15.9. The summed E-state index contributed by atoms with van der Waals surface area (Å²) in [5.41, 5.74) is 4.95. The molecule has 6 rings (SSSR count). The normalized spacial score (nSPS) is 23.4. The highest BCUT2D eigenvalue weighted by atomic mass is 16.5. The fourth-order valence-electron chi connectivity index (χ4n) is 7.65. The number of amides is 2. The first kappa shape index (κ1) is 29.1. The van der Waals surface area contributed by atoms with E-state index in [9.17, 15) is 14.7 Å². The summed E-state index contributed by atoms with van der Waals surface area (Å²) in [5.74, 6) is -0.0244. The average Bonchev–Trinajstić information content (AvgIpc) is 3.16. The monoisotopic (exact) mass is 574 g/mol. The van der Waals surface area contributed by atoms with E-state index in [0.717, 1.165) is 64.0 Å². The average molecular weight is 575 g/mol. The van der Waals surface area contributed by atoms with Gasteiger partial charge < -0.3 is 29.9 Å². The molecule has 4 aliphatic rings. The molecule has 226 valence electrons. The number of fused-ring (bicyclic) bond motifs is 2. The molecule has 3 heterocycles. The first-order chi connectivity index (χ1) is 20.4. The highest BCUT2D eigenvalue weighted by molar-refractivity contribution is 6.03. The molecule has 1 spiro atoms. The van der Waals surface area contributed by atoms with Crippen molar-refractivity contribution in [1.82, 2.24) is 15.1 Å². The number of aliphatic hydroxyl groups excluding tert-OH is 1. The van der Waals surface area contributed by atoms with Crippen molar-refractivity contribution in [3.05, 3.63) is 64.7 Å². The van der Waals surface area contributed by atoms with Gasteiger partial charge in [-0.1, -0.05) is 24.3 Å². The van der Waals surface area contributed by atoms with Crippen LogP contribution in [0, 0.1) is 5.41 Å². The molecule has 8 nitrogen and oxygen atoms in total. The maximum absolute atomic E-state index is 13.8. The molecular formula is C34H46N4O4. The second-order valence-corrected chi connectivity index (χ2v) is 12.8. The number of nitrogens with one attached hydrogen (secondary N) is 1. The Hall–Kier alpha value is -2.94. The topological polar surface area (TPSA) is 85.3 Å². The largest absolute Gasteiger partial charge is 0.390 e. The highest BCUT2D eigenvalue weighted by Gasteiger charge is 2.39. The SMILES string of the molecule is CCN1CCN(C[C@@H](O)[C@@H]2Cc3ccccc3CN2)C(=O)c2ccc(C(=O)N3CCC4(CCC(OC)CC4)CC3)cc21. The maximum Gasteiger partial charge on any atom is 0.256 e. The van der Waals surface area contributed by atoms with Crippen LogP contribution in [0.4, 0.5) is 5.69 Å². The Kier molecular flexibility index (Phi) is 8.57. The van der Waals surface area contributed by atoms with Crippen molar-refractivity contribution in [2.24, 2.45) is 5.41 Å². The van der Waals surface area contributed by atoms with Gasteiger partial charge in [0.1, 0.15) is 0 Å². The molecule has 8 heteroatoms. The Bertz CT molecular complexity index is 1280. The van der Waals surface area contributed by atoms with Crippen LogP contribution in [-0.4, -0.2) is 91.3 Å². The third kappa shape index (κ3) is 5.81. The summed E-state index contributed by atoms with van der Waals surface area (Å²) in [6, 6.07) is 13.8. The second kappa shape index (κ2) is 12.3. The summed E-state index contributed by atoms with van der Waals surface area (Å²) < 4.78 is 5.58. The summed E-state index contributed by atoms with van der Waals surface area (Å²) >= 11 is 0. The van der Waals surface area contributed by atoms with Gasteiger partial charge in [-0.3, -0.25) is 9.59 Å². The Morgan fingerprint density at radius 3 is 2.45 bits per heavy atom. The van der Waals surface area contributed by atoms with Crippen LogP contribution in [0.5, 0.6) is 0 Å². The van der Waals surface area contributed by atoms with Crippen molar-refractivity contribution in [2.75, 3.05) is 51.3 Å². The third-order valence-electron chi connectivity index (χ3n) is 10.5. The summed E-state index contributed by atoms with van der Waals surface area (Å²) in [6.07, 6.45) is 7.19. The number of benzene rings is 2. The number of methoxy groups -OCH3 is 1. The van der Waals surface area contributed by atoms with E-state index in [1.807, 2.05) is 42.3 Å². The highest BCUT2D eigenvalue weighted by Crippen LogP contribution is 2.45. The molecule has 2 aromatic carbocycles. The molecule has 0 bridgehead atoms. The van der Waals surface area contributed by atoms with Gasteiger partial charge in [-0.2, -0.15) is 0 Å². The lowest BCUT2D eigenvalue weighted by Gasteiger charge is -2.45. The molecule has 2 amide bonds. The van der Waals surface area contributed by atoms with Crippen molar-refractivity contribution >= 4 is 17.5 Å². The molecule has 1 saturated heterocycles. The van der Waals surface area contributed by atoms with Gasteiger partial charge in [0, 0.05) is 64.5 Å². The number of aliphatic hydroxyl groups is 1. The molecule has 1 saturated carbocycles. The van der Waals surface area contributed by atoms with Crippen molar-refractivity contribution in [2.45, 2.75) is 76.7 Å². The van der Waals surface area contributed by atoms with Gasteiger partial charge in [-0.05, 0) is 86.6 Å². The maximum atomic E-state index is 13.8. The zero-order valence-electron chi connectivity index (χ0n) is 25.2. The lowest BCUT2D eigenvalue weighted by molar-refractivity contribution is -0.00129. The van der Waals surface area contributed by atoms with Crippen LogP contribution in [0.25, 0.3) is 0 Å². The van der Waals surface area contributed by atoms with Gasteiger partial charge in [0.25, 0.3) is 11.8 Å². The van der Waals surface area contributed by atoms with Gasteiger partial charge in [0.2, 0.25) is 0 Å².